The number of nitrogens with one attached hydrogen (secondary N) is 1. The van der Waals surface area contributed by atoms with Gasteiger partial charge >= 0.3 is 0 Å². The summed E-state index contributed by atoms with van der Waals surface area (Å²) in [5, 5.41) is 16.8. The topological polar surface area (TPSA) is 127 Å². The van der Waals surface area contributed by atoms with E-state index in [1.165, 1.54) is 18.2 Å². The summed E-state index contributed by atoms with van der Waals surface area (Å²) in [5.41, 5.74) is 9.15. The number of primary amides is 1. The van der Waals surface area contributed by atoms with Crippen LogP contribution in [0.4, 0.5) is 10.1 Å². The SMILES string of the molecule is CCc1c(NC(=O)c2cc(C(N)=O)c3ccc(F)cc3n2)c(C)nn1Cc1ccc(C#N)cc1. The third-order valence-electron chi connectivity index (χ3n) is 5.49. The van der Waals surface area contributed by atoms with E-state index >= 15 is 0 Å². The van der Waals surface area contributed by atoms with Crippen LogP contribution < -0.4 is 11.1 Å². The molecule has 2 aromatic heterocycles. The predicted octanol–water partition coefficient (Wildman–Crippen LogP) is 3.71. The minimum absolute atomic E-state index is 0.0619. The van der Waals surface area contributed by atoms with Crippen molar-refractivity contribution in [1.29, 1.82) is 5.26 Å². The summed E-state index contributed by atoms with van der Waals surface area (Å²) in [5.74, 6) is -1.85. The first-order valence-electron chi connectivity index (χ1n) is 10.6. The van der Waals surface area contributed by atoms with E-state index in [0.29, 0.717) is 35.3 Å². The lowest BCUT2D eigenvalue weighted by Crippen LogP contribution is -2.18. The number of nitrogens with two attached hydrogens (primary N) is 1. The van der Waals surface area contributed by atoms with Gasteiger partial charge in [0.25, 0.3) is 5.91 Å². The monoisotopic (exact) mass is 456 g/mol. The molecule has 8 nitrogen and oxygen atoms in total. The highest BCUT2D eigenvalue weighted by Crippen LogP contribution is 2.24. The van der Waals surface area contributed by atoms with Crippen molar-refractivity contribution in [3.8, 4) is 6.07 Å². The Kier molecular flexibility index (Phi) is 6.06. The molecule has 4 aromatic rings. The zero-order valence-corrected chi connectivity index (χ0v) is 18.6. The van der Waals surface area contributed by atoms with Gasteiger partial charge in [0.2, 0.25) is 5.91 Å². The van der Waals surface area contributed by atoms with E-state index in [4.69, 9.17) is 11.0 Å². The standard InChI is InChI=1S/C25H21FN6O2/c1-3-22-23(14(2)31-32(22)13-16-6-4-15(12-27)5-7-16)30-25(34)21-11-19(24(28)33)18-9-8-17(26)10-20(18)29-21/h4-11H,3,13H2,1-2H3,(H2,28,33)(H,30,34). The molecule has 0 spiro atoms. The van der Waals surface area contributed by atoms with Crippen molar-refractivity contribution < 1.29 is 14.0 Å². The van der Waals surface area contributed by atoms with Crippen LogP contribution >= 0.6 is 0 Å². The number of nitrogens with zero attached hydrogens (tertiary/aromatic N) is 4. The van der Waals surface area contributed by atoms with E-state index < -0.39 is 17.6 Å². The predicted molar refractivity (Wildman–Crippen MR) is 125 cm³/mol. The smallest absolute Gasteiger partial charge is 0.274 e. The van der Waals surface area contributed by atoms with Crippen molar-refractivity contribution in [2.24, 2.45) is 5.73 Å². The quantitative estimate of drug-likeness (QED) is 0.457. The number of carbonyl (C=O) groups excluding carboxylic acids is 2. The molecule has 0 bridgehead atoms. The summed E-state index contributed by atoms with van der Waals surface area (Å²) in [6.45, 7) is 4.19. The minimum Gasteiger partial charge on any atom is -0.366 e. The van der Waals surface area contributed by atoms with Gasteiger partial charge < -0.3 is 11.1 Å². The molecule has 2 amide bonds. The number of anilines is 1. The van der Waals surface area contributed by atoms with Gasteiger partial charge in [-0.3, -0.25) is 14.3 Å². The summed E-state index contributed by atoms with van der Waals surface area (Å²) < 4.78 is 15.5. The van der Waals surface area contributed by atoms with Gasteiger partial charge in [-0.2, -0.15) is 10.4 Å². The summed E-state index contributed by atoms with van der Waals surface area (Å²) in [4.78, 5) is 29.3. The van der Waals surface area contributed by atoms with E-state index in [9.17, 15) is 14.0 Å². The fourth-order valence-electron chi connectivity index (χ4n) is 3.84. The molecule has 2 heterocycles. The van der Waals surface area contributed by atoms with Crippen molar-refractivity contribution in [1.82, 2.24) is 14.8 Å². The maximum atomic E-state index is 13.7. The molecular formula is C25H21FN6O2. The van der Waals surface area contributed by atoms with Crippen molar-refractivity contribution in [2.45, 2.75) is 26.8 Å². The fraction of sp³-hybridized carbons (Fsp3) is 0.160. The number of fused-ring (bicyclic) bond motifs is 1. The van der Waals surface area contributed by atoms with Gasteiger partial charge in [-0.1, -0.05) is 19.1 Å². The molecule has 34 heavy (non-hydrogen) atoms. The number of hydrogen-bond donors (Lipinski definition) is 2. The van der Waals surface area contributed by atoms with Gasteiger partial charge in [0, 0.05) is 11.5 Å². The average Bonchev–Trinajstić information content (AvgIpc) is 3.11. The number of benzene rings is 2. The number of aromatic nitrogens is 3. The van der Waals surface area contributed by atoms with E-state index in [1.54, 1.807) is 23.7 Å². The Bertz CT molecular complexity index is 1470. The second-order valence-corrected chi connectivity index (χ2v) is 7.76. The van der Waals surface area contributed by atoms with Crippen molar-refractivity contribution in [3.05, 3.63) is 88.1 Å². The molecule has 0 saturated heterocycles. The van der Waals surface area contributed by atoms with Gasteiger partial charge in [0.1, 0.15) is 11.5 Å². The third kappa shape index (κ3) is 4.34. The van der Waals surface area contributed by atoms with E-state index in [-0.39, 0.29) is 16.8 Å². The number of amides is 2. The Morgan fingerprint density at radius 1 is 1.18 bits per heavy atom. The number of hydrogen-bond acceptors (Lipinski definition) is 5. The van der Waals surface area contributed by atoms with Gasteiger partial charge in [-0.15, -0.1) is 0 Å². The van der Waals surface area contributed by atoms with Gasteiger partial charge in [-0.25, -0.2) is 9.37 Å². The maximum Gasteiger partial charge on any atom is 0.274 e. The molecule has 0 unspecified atom stereocenters. The number of pyridine rings is 1. The number of rotatable bonds is 6. The van der Waals surface area contributed by atoms with Crippen LogP contribution in [0.2, 0.25) is 0 Å². The minimum atomic E-state index is -0.742. The van der Waals surface area contributed by atoms with Crippen LogP contribution in [-0.2, 0) is 13.0 Å². The molecule has 0 radical (unpaired) electrons. The van der Waals surface area contributed by atoms with Gasteiger partial charge in [0.05, 0.1) is 46.3 Å². The molecule has 0 fully saturated rings. The molecule has 0 atom stereocenters. The second kappa shape index (κ2) is 9.11. The van der Waals surface area contributed by atoms with Crippen LogP contribution in [-0.4, -0.2) is 26.6 Å². The molecule has 3 N–H and O–H groups in total. The van der Waals surface area contributed by atoms with Crippen molar-refractivity contribution in [3.63, 3.8) is 0 Å². The van der Waals surface area contributed by atoms with Crippen LogP contribution in [0.25, 0.3) is 10.9 Å². The van der Waals surface area contributed by atoms with Crippen molar-refractivity contribution in [2.75, 3.05) is 5.32 Å². The zero-order valence-electron chi connectivity index (χ0n) is 18.6. The summed E-state index contributed by atoms with van der Waals surface area (Å²) in [6, 6.07) is 14.4. The first-order chi connectivity index (χ1) is 16.3. The molecule has 2 aromatic carbocycles. The van der Waals surface area contributed by atoms with E-state index in [1.807, 2.05) is 19.1 Å². The Morgan fingerprint density at radius 3 is 2.56 bits per heavy atom. The highest BCUT2D eigenvalue weighted by Gasteiger charge is 2.20. The highest BCUT2D eigenvalue weighted by atomic mass is 19.1. The lowest BCUT2D eigenvalue weighted by atomic mass is 10.1. The Labute approximate surface area is 194 Å². The van der Waals surface area contributed by atoms with Crippen LogP contribution in [0.15, 0.2) is 48.5 Å². The molecule has 4 rings (SSSR count). The molecule has 0 aliphatic rings. The fourth-order valence-corrected chi connectivity index (χ4v) is 3.84. The van der Waals surface area contributed by atoms with Crippen LogP contribution in [0, 0.1) is 24.1 Å². The average molecular weight is 456 g/mol. The number of aryl methyl sites for hydroxylation is 1. The Morgan fingerprint density at radius 2 is 1.91 bits per heavy atom. The summed E-state index contributed by atoms with van der Waals surface area (Å²) >= 11 is 0. The lowest BCUT2D eigenvalue weighted by molar-refractivity contribution is 0.100. The first-order valence-corrected chi connectivity index (χ1v) is 10.6. The molecule has 0 saturated carbocycles. The molecule has 9 heteroatoms. The van der Waals surface area contributed by atoms with Crippen LogP contribution in [0.3, 0.4) is 0 Å². The van der Waals surface area contributed by atoms with E-state index in [0.717, 1.165) is 17.3 Å². The van der Waals surface area contributed by atoms with Crippen molar-refractivity contribution >= 4 is 28.4 Å². The highest BCUT2D eigenvalue weighted by molar-refractivity contribution is 6.10. The number of nitriles is 1. The van der Waals surface area contributed by atoms with Crippen LogP contribution in [0.5, 0.6) is 0 Å². The van der Waals surface area contributed by atoms with Crippen LogP contribution in [0.1, 0.15) is 50.3 Å². The molecular weight excluding hydrogens is 435 g/mol. The lowest BCUT2D eigenvalue weighted by Gasteiger charge is -2.11. The van der Waals surface area contributed by atoms with Gasteiger partial charge in [-0.05, 0) is 49.2 Å². The van der Waals surface area contributed by atoms with Gasteiger partial charge in [0.15, 0.2) is 0 Å². The number of halogens is 1. The first kappa shape index (κ1) is 22.6. The summed E-state index contributed by atoms with van der Waals surface area (Å²) in [6.07, 6.45) is 0.593. The Balaban J connectivity index is 1.67. The molecule has 0 aliphatic heterocycles. The summed E-state index contributed by atoms with van der Waals surface area (Å²) in [7, 11) is 0. The maximum absolute atomic E-state index is 13.7. The Hall–Kier alpha value is -4.58. The normalized spacial score (nSPS) is 10.8. The largest absolute Gasteiger partial charge is 0.366 e. The third-order valence-corrected chi connectivity index (χ3v) is 5.49. The zero-order chi connectivity index (χ0) is 24.4. The second-order valence-electron chi connectivity index (χ2n) is 7.76. The molecule has 170 valence electrons. The number of carbonyl (C=O) groups is 2. The van der Waals surface area contributed by atoms with E-state index in [2.05, 4.69) is 21.5 Å². The molecule has 0 aliphatic carbocycles.